The minimum Gasteiger partial charge on any atom is -0.469 e. The van der Waals surface area contributed by atoms with Gasteiger partial charge in [0, 0.05) is 5.71 Å². The summed E-state index contributed by atoms with van der Waals surface area (Å²) in [5.74, 6) is -1.90. The minimum absolute atomic E-state index is 0.315. The summed E-state index contributed by atoms with van der Waals surface area (Å²) in [6, 6.07) is 0. The maximum Gasteiger partial charge on any atom is 0.315 e. The fourth-order valence-electron chi connectivity index (χ4n) is 1.77. The Morgan fingerprint density at radius 3 is 2.40 bits per heavy atom. The number of carbonyl (C=O) groups excluding carboxylic acids is 2. The zero-order valence-corrected chi connectivity index (χ0v) is 9.15. The van der Waals surface area contributed by atoms with E-state index in [1.54, 1.807) is 0 Å². The van der Waals surface area contributed by atoms with Gasteiger partial charge in [-0.15, -0.1) is 0 Å². The molecule has 0 unspecified atom stereocenters. The van der Waals surface area contributed by atoms with E-state index in [1.807, 2.05) is 6.92 Å². The van der Waals surface area contributed by atoms with E-state index in [4.69, 9.17) is 0 Å². The van der Waals surface area contributed by atoms with Crippen LogP contribution in [0.2, 0.25) is 0 Å². The summed E-state index contributed by atoms with van der Waals surface area (Å²) >= 11 is 0. The zero-order valence-electron chi connectivity index (χ0n) is 9.15. The number of aliphatic imine (C=N–C) groups is 1. The molecule has 0 saturated heterocycles. The molecule has 0 aromatic carbocycles. The molecule has 0 saturated carbocycles. The van der Waals surface area contributed by atoms with E-state index in [9.17, 15) is 9.59 Å². The smallest absolute Gasteiger partial charge is 0.315 e. The molecule has 0 fully saturated rings. The molecule has 1 aliphatic rings. The molecule has 5 heteroatoms. The van der Waals surface area contributed by atoms with Crippen LogP contribution in [0.3, 0.4) is 0 Å². The molecular weight excluding hydrogens is 198 g/mol. The third kappa shape index (κ3) is 2.16. The van der Waals surface area contributed by atoms with Crippen LogP contribution in [0.4, 0.5) is 0 Å². The number of nitrogens with zero attached hydrogens (tertiary/aromatic N) is 1. The molecule has 1 rings (SSSR count). The summed E-state index contributed by atoms with van der Waals surface area (Å²) in [4.78, 5) is 27.1. The van der Waals surface area contributed by atoms with Gasteiger partial charge in [0.25, 0.3) is 0 Å². The lowest BCUT2D eigenvalue weighted by molar-refractivity contribution is -0.153. The van der Waals surface area contributed by atoms with Crippen LogP contribution in [0.1, 0.15) is 13.3 Å². The second kappa shape index (κ2) is 4.91. The molecule has 5 nitrogen and oxygen atoms in total. The average molecular weight is 213 g/mol. The standard InChI is InChI=1S/C10H15NO4/c1-4-7-8(10(13)15-3)6(5-11-7)9(12)14-2/h6,8H,4-5H2,1-3H3/t6-,8+/m0/s1. The molecule has 0 bridgehead atoms. The highest BCUT2D eigenvalue weighted by Crippen LogP contribution is 2.25. The van der Waals surface area contributed by atoms with Crippen LogP contribution < -0.4 is 0 Å². The average Bonchev–Trinajstić information content (AvgIpc) is 2.70. The van der Waals surface area contributed by atoms with Crippen molar-refractivity contribution in [3.8, 4) is 0 Å². The lowest BCUT2D eigenvalue weighted by Gasteiger charge is -2.16. The Morgan fingerprint density at radius 1 is 1.33 bits per heavy atom. The highest BCUT2D eigenvalue weighted by atomic mass is 16.5. The summed E-state index contributed by atoms with van der Waals surface area (Å²) in [5, 5.41) is 0. The summed E-state index contributed by atoms with van der Waals surface area (Å²) in [6.45, 7) is 2.21. The monoisotopic (exact) mass is 213 g/mol. The highest BCUT2D eigenvalue weighted by molar-refractivity contribution is 6.06. The van der Waals surface area contributed by atoms with E-state index in [2.05, 4.69) is 14.5 Å². The first-order valence-electron chi connectivity index (χ1n) is 4.84. The third-order valence-electron chi connectivity index (χ3n) is 2.57. The molecule has 84 valence electrons. The van der Waals surface area contributed by atoms with Crippen molar-refractivity contribution in [3.05, 3.63) is 0 Å². The first kappa shape index (κ1) is 11.7. The number of carbonyl (C=O) groups is 2. The molecule has 1 heterocycles. The van der Waals surface area contributed by atoms with Gasteiger partial charge in [-0.2, -0.15) is 0 Å². The van der Waals surface area contributed by atoms with Crippen molar-refractivity contribution in [3.63, 3.8) is 0 Å². The molecule has 0 spiro atoms. The molecular formula is C10H15NO4. The summed E-state index contributed by atoms with van der Waals surface area (Å²) in [7, 11) is 2.61. The summed E-state index contributed by atoms with van der Waals surface area (Å²) in [5.41, 5.74) is 0.720. The van der Waals surface area contributed by atoms with Gasteiger partial charge in [0.05, 0.1) is 26.7 Å². The Balaban J connectivity index is 2.86. The minimum atomic E-state index is -0.563. The number of hydrogen-bond donors (Lipinski definition) is 0. The first-order chi connectivity index (χ1) is 7.15. The molecule has 0 N–H and O–H groups in total. The van der Waals surface area contributed by atoms with E-state index in [-0.39, 0.29) is 0 Å². The van der Waals surface area contributed by atoms with Crippen LogP contribution in [0.25, 0.3) is 0 Å². The second-order valence-electron chi connectivity index (χ2n) is 3.32. The maximum absolute atomic E-state index is 11.5. The van der Waals surface area contributed by atoms with Gasteiger partial charge >= 0.3 is 11.9 Å². The number of ether oxygens (including phenoxy) is 2. The largest absolute Gasteiger partial charge is 0.469 e. The van der Waals surface area contributed by atoms with Crippen molar-refractivity contribution in [2.24, 2.45) is 16.8 Å². The molecule has 0 aromatic heterocycles. The number of rotatable bonds is 3. The SMILES string of the molecule is CCC1=NC[C@H](C(=O)OC)[C@H]1C(=O)OC. The normalized spacial score (nSPS) is 24.6. The molecule has 15 heavy (non-hydrogen) atoms. The molecule has 0 amide bonds. The zero-order chi connectivity index (χ0) is 11.4. The van der Waals surface area contributed by atoms with Crippen molar-refractivity contribution in [2.45, 2.75) is 13.3 Å². The van der Waals surface area contributed by atoms with Crippen molar-refractivity contribution < 1.29 is 19.1 Å². The molecule has 0 aromatic rings. The Kier molecular flexibility index (Phi) is 3.82. The Hall–Kier alpha value is -1.39. The number of esters is 2. The Morgan fingerprint density at radius 2 is 1.93 bits per heavy atom. The van der Waals surface area contributed by atoms with E-state index in [0.717, 1.165) is 5.71 Å². The van der Waals surface area contributed by atoms with Crippen molar-refractivity contribution in [2.75, 3.05) is 20.8 Å². The first-order valence-corrected chi connectivity index (χ1v) is 4.84. The van der Waals surface area contributed by atoms with Crippen molar-refractivity contribution >= 4 is 17.7 Å². The van der Waals surface area contributed by atoms with Gasteiger partial charge in [-0.1, -0.05) is 6.92 Å². The van der Waals surface area contributed by atoms with Gasteiger partial charge in [0.2, 0.25) is 0 Å². The van der Waals surface area contributed by atoms with Crippen LogP contribution in [0.5, 0.6) is 0 Å². The lowest BCUT2D eigenvalue weighted by atomic mass is 9.90. The number of hydrogen-bond acceptors (Lipinski definition) is 5. The van der Waals surface area contributed by atoms with E-state index < -0.39 is 23.8 Å². The van der Waals surface area contributed by atoms with Crippen molar-refractivity contribution in [1.29, 1.82) is 0 Å². The maximum atomic E-state index is 11.5. The Bertz CT molecular complexity index is 298. The fraction of sp³-hybridized carbons (Fsp3) is 0.700. The van der Waals surface area contributed by atoms with Gasteiger partial charge in [-0.05, 0) is 6.42 Å². The van der Waals surface area contributed by atoms with Crippen LogP contribution in [0, 0.1) is 11.8 Å². The van der Waals surface area contributed by atoms with Crippen LogP contribution >= 0.6 is 0 Å². The lowest BCUT2D eigenvalue weighted by Crippen LogP contribution is -2.34. The van der Waals surface area contributed by atoms with Crippen LogP contribution in [0.15, 0.2) is 4.99 Å². The van der Waals surface area contributed by atoms with E-state index in [0.29, 0.717) is 13.0 Å². The summed E-state index contributed by atoms with van der Waals surface area (Å²) < 4.78 is 9.30. The van der Waals surface area contributed by atoms with Gasteiger partial charge < -0.3 is 9.47 Å². The van der Waals surface area contributed by atoms with Gasteiger partial charge in [-0.25, -0.2) is 0 Å². The van der Waals surface area contributed by atoms with Gasteiger partial charge in [-0.3, -0.25) is 14.6 Å². The second-order valence-corrected chi connectivity index (χ2v) is 3.32. The van der Waals surface area contributed by atoms with E-state index in [1.165, 1.54) is 14.2 Å². The quantitative estimate of drug-likeness (QED) is 0.638. The topological polar surface area (TPSA) is 65.0 Å². The van der Waals surface area contributed by atoms with Crippen LogP contribution in [-0.2, 0) is 19.1 Å². The molecule has 0 aliphatic carbocycles. The predicted molar refractivity (Wildman–Crippen MR) is 53.6 cm³/mol. The third-order valence-corrected chi connectivity index (χ3v) is 2.57. The van der Waals surface area contributed by atoms with Crippen LogP contribution in [-0.4, -0.2) is 38.4 Å². The molecule has 0 radical (unpaired) electrons. The highest BCUT2D eigenvalue weighted by Gasteiger charge is 2.41. The summed E-state index contributed by atoms with van der Waals surface area (Å²) in [6.07, 6.45) is 0.646. The number of methoxy groups -OCH3 is 2. The fourth-order valence-corrected chi connectivity index (χ4v) is 1.77. The molecule has 1 aliphatic heterocycles. The van der Waals surface area contributed by atoms with E-state index >= 15 is 0 Å². The predicted octanol–water partition coefficient (Wildman–Crippen LogP) is 0.429. The van der Waals surface area contributed by atoms with Gasteiger partial charge in [0.15, 0.2) is 0 Å². The Labute approximate surface area is 88.5 Å². The van der Waals surface area contributed by atoms with Gasteiger partial charge in [0.1, 0.15) is 5.92 Å². The molecule has 2 atom stereocenters. The van der Waals surface area contributed by atoms with Crippen molar-refractivity contribution in [1.82, 2.24) is 0 Å².